The van der Waals surface area contributed by atoms with Crippen molar-refractivity contribution in [2.45, 2.75) is 6.61 Å². The molecule has 25 heavy (non-hydrogen) atoms. The van der Waals surface area contributed by atoms with Crippen molar-refractivity contribution in [3.63, 3.8) is 0 Å². The molecule has 0 aliphatic carbocycles. The summed E-state index contributed by atoms with van der Waals surface area (Å²) in [5, 5.41) is 0.751. The van der Waals surface area contributed by atoms with Gasteiger partial charge in [0.25, 0.3) is 0 Å². The molecule has 1 N–H and O–H groups in total. The molecule has 1 heterocycles. The third kappa shape index (κ3) is 5.87. The number of rotatable bonds is 6. The smallest absolute Gasteiger partial charge is 0.410 e. The quantitative estimate of drug-likeness (QED) is 0.791. The summed E-state index contributed by atoms with van der Waals surface area (Å²) in [5.74, 6) is -0.345. The molecule has 1 aliphatic rings. The highest BCUT2D eigenvalue weighted by atomic mass is 32.2. The first-order valence-electron chi connectivity index (χ1n) is 7.77. The van der Waals surface area contributed by atoms with Gasteiger partial charge in [-0.15, -0.1) is 0 Å². The lowest BCUT2D eigenvalue weighted by atomic mass is 10.2. The number of carbonyl (C=O) groups excluding carboxylic acids is 2. The minimum absolute atomic E-state index is 0.197. The first kappa shape index (κ1) is 18.9. The molecule has 0 aromatic heterocycles. The fraction of sp³-hybridized carbons (Fsp3) is 0.375. The van der Waals surface area contributed by atoms with Crippen LogP contribution in [0.3, 0.4) is 0 Å². The van der Waals surface area contributed by atoms with Crippen molar-refractivity contribution in [2.75, 3.05) is 32.7 Å². The summed E-state index contributed by atoms with van der Waals surface area (Å²) < 4.78 is 29.9. The molecule has 1 aromatic carbocycles. The van der Waals surface area contributed by atoms with Gasteiger partial charge < -0.3 is 14.5 Å². The zero-order valence-electron chi connectivity index (χ0n) is 13.8. The molecule has 8 nitrogen and oxygen atoms in total. The standard InChI is InChI=1S/C16H21N3O5S/c1-2-25(22,23)17-12-15(20)18-8-10-19(11-9-18)16(21)24-13-14-6-4-3-5-7-14/h2-7,17H,1,8-13H2. The summed E-state index contributed by atoms with van der Waals surface area (Å²) in [7, 11) is -3.63. The molecule has 0 unspecified atom stereocenters. The Labute approximate surface area is 147 Å². The number of hydrogen-bond donors (Lipinski definition) is 1. The Hall–Kier alpha value is -2.39. The van der Waals surface area contributed by atoms with Crippen molar-refractivity contribution >= 4 is 22.0 Å². The number of piperazine rings is 1. The van der Waals surface area contributed by atoms with Gasteiger partial charge in [0.1, 0.15) is 6.61 Å². The van der Waals surface area contributed by atoms with E-state index in [2.05, 4.69) is 11.3 Å². The number of carbonyl (C=O) groups is 2. The number of amides is 2. The first-order valence-corrected chi connectivity index (χ1v) is 9.31. The van der Waals surface area contributed by atoms with E-state index in [-0.39, 0.29) is 19.1 Å². The van der Waals surface area contributed by atoms with Crippen LogP contribution in [0.5, 0.6) is 0 Å². The van der Waals surface area contributed by atoms with Crippen molar-refractivity contribution in [1.82, 2.24) is 14.5 Å². The highest BCUT2D eigenvalue weighted by Gasteiger charge is 2.25. The second-order valence-electron chi connectivity index (χ2n) is 5.44. The van der Waals surface area contributed by atoms with Gasteiger partial charge in [0, 0.05) is 31.6 Å². The molecule has 2 rings (SSSR count). The Morgan fingerprint density at radius 2 is 1.72 bits per heavy atom. The van der Waals surface area contributed by atoms with Crippen LogP contribution in [0, 0.1) is 0 Å². The van der Waals surface area contributed by atoms with Crippen molar-refractivity contribution in [3.05, 3.63) is 47.9 Å². The van der Waals surface area contributed by atoms with Crippen LogP contribution in [0.4, 0.5) is 4.79 Å². The maximum Gasteiger partial charge on any atom is 0.410 e. The van der Waals surface area contributed by atoms with Crippen molar-refractivity contribution in [2.24, 2.45) is 0 Å². The number of benzene rings is 1. The molecule has 0 radical (unpaired) electrons. The molecule has 0 atom stereocenters. The predicted molar refractivity (Wildman–Crippen MR) is 91.9 cm³/mol. The van der Waals surface area contributed by atoms with Crippen LogP contribution < -0.4 is 4.72 Å². The number of sulfonamides is 1. The molecule has 1 aromatic rings. The number of nitrogens with zero attached hydrogens (tertiary/aromatic N) is 2. The minimum atomic E-state index is -3.63. The third-order valence-electron chi connectivity index (χ3n) is 3.74. The average molecular weight is 367 g/mol. The molecular formula is C16H21N3O5S. The molecule has 2 amide bonds. The first-order chi connectivity index (χ1) is 11.9. The Kier molecular flexibility index (Phi) is 6.54. The van der Waals surface area contributed by atoms with Gasteiger partial charge >= 0.3 is 6.09 Å². The summed E-state index contributed by atoms with van der Waals surface area (Å²) in [5.41, 5.74) is 0.902. The largest absolute Gasteiger partial charge is 0.445 e. The van der Waals surface area contributed by atoms with E-state index in [0.29, 0.717) is 26.2 Å². The zero-order chi connectivity index (χ0) is 18.3. The number of hydrogen-bond acceptors (Lipinski definition) is 5. The maximum absolute atomic E-state index is 12.0. The topological polar surface area (TPSA) is 96.0 Å². The summed E-state index contributed by atoms with van der Waals surface area (Å²) in [6, 6.07) is 9.36. The molecule has 9 heteroatoms. The van der Waals surface area contributed by atoms with E-state index >= 15 is 0 Å². The Morgan fingerprint density at radius 3 is 2.32 bits per heavy atom. The van der Waals surface area contributed by atoms with E-state index in [1.165, 1.54) is 9.80 Å². The summed E-state index contributed by atoms with van der Waals surface area (Å²) in [6.45, 7) is 4.37. The fourth-order valence-electron chi connectivity index (χ4n) is 2.28. The normalized spacial score (nSPS) is 14.9. The SMILES string of the molecule is C=CS(=O)(=O)NCC(=O)N1CCN(C(=O)OCc2ccccc2)CC1. The maximum atomic E-state index is 12.0. The lowest BCUT2D eigenvalue weighted by molar-refractivity contribution is -0.131. The van der Waals surface area contributed by atoms with Gasteiger partial charge in [0.2, 0.25) is 15.9 Å². The fourth-order valence-corrected chi connectivity index (χ4v) is 2.72. The van der Waals surface area contributed by atoms with E-state index in [1.54, 1.807) is 0 Å². The second kappa shape index (κ2) is 8.63. The van der Waals surface area contributed by atoms with E-state index in [9.17, 15) is 18.0 Å². The second-order valence-corrected chi connectivity index (χ2v) is 7.15. The molecule has 0 saturated carbocycles. The molecular weight excluding hydrogens is 346 g/mol. The van der Waals surface area contributed by atoms with Crippen LogP contribution in [-0.4, -0.2) is 62.9 Å². The Morgan fingerprint density at radius 1 is 1.12 bits per heavy atom. The summed E-state index contributed by atoms with van der Waals surface area (Å²) in [4.78, 5) is 27.1. The molecule has 1 saturated heterocycles. The molecule has 0 bridgehead atoms. The Balaban J connectivity index is 1.74. The number of ether oxygens (including phenoxy) is 1. The minimum Gasteiger partial charge on any atom is -0.445 e. The van der Waals surface area contributed by atoms with Crippen molar-refractivity contribution in [1.29, 1.82) is 0 Å². The molecule has 1 fully saturated rings. The van der Waals surface area contributed by atoms with Gasteiger partial charge in [-0.3, -0.25) is 4.79 Å². The third-order valence-corrected chi connectivity index (χ3v) is 4.73. The van der Waals surface area contributed by atoms with Crippen LogP contribution in [0.15, 0.2) is 42.3 Å². The number of nitrogens with one attached hydrogen (secondary N) is 1. The monoisotopic (exact) mass is 367 g/mol. The van der Waals surface area contributed by atoms with Crippen LogP contribution in [0.25, 0.3) is 0 Å². The van der Waals surface area contributed by atoms with Gasteiger partial charge in [-0.2, -0.15) is 0 Å². The predicted octanol–water partition coefficient (Wildman–Crippen LogP) is 0.530. The van der Waals surface area contributed by atoms with Gasteiger partial charge in [-0.05, 0) is 5.56 Å². The van der Waals surface area contributed by atoms with E-state index < -0.39 is 16.1 Å². The summed E-state index contributed by atoms with van der Waals surface area (Å²) >= 11 is 0. The van der Waals surface area contributed by atoms with Crippen LogP contribution >= 0.6 is 0 Å². The average Bonchev–Trinajstić information content (AvgIpc) is 2.65. The lowest BCUT2D eigenvalue weighted by Gasteiger charge is -2.34. The van der Waals surface area contributed by atoms with Gasteiger partial charge in [-0.1, -0.05) is 36.9 Å². The molecule has 136 valence electrons. The highest BCUT2D eigenvalue weighted by Crippen LogP contribution is 2.07. The van der Waals surface area contributed by atoms with E-state index in [0.717, 1.165) is 11.0 Å². The zero-order valence-corrected chi connectivity index (χ0v) is 14.6. The van der Waals surface area contributed by atoms with Crippen LogP contribution in [-0.2, 0) is 26.2 Å². The van der Waals surface area contributed by atoms with Crippen molar-refractivity contribution < 1.29 is 22.7 Å². The summed E-state index contributed by atoms with van der Waals surface area (Å²) in [6.07, 6.45) is -0.427. The molecule has 0 spiro atoms. The van der Waals surface area contributed by atoms with Crippen LogP contribution in [0.2, 0.25) is 0 Å². The molecule has 1 aliphatic heterocycles. The van der Waals surface area contributed by atoms with Gasteiger partial charge in [-0.25, -0.2) is 17.9 Å². The van der Waals surface area contributed by atoms with Crippen LogP contribution in [0.1, 0.15) is 5.56 Å². The van der Waals surface area contributed by atoms with Gasteiger partial charge in [0.05, 0.1) is 6.54 Å². The Bertz CT molecular complexity index is 713. The van der Waals surface area contributed by atoms with Gasteiger partial charge in [0.15, 0.2) is 0 Å². The lowest BCUT2D eigenvalue weighted by Crippen LogP contribution is -2.52. The highest BCUT2D eigenvalue weighted by molar-refractivity contribution is 7.92. The van der Waals surface area contributed by atoms with Crippen molar-refractivity contribution in [3.8, 4) is 0 Å². The van der Waals surface area contributed by atoms with E-state index in [1.807, 2.05) is 30.3 Å². The van der Waals surface area contributed by atoms with E-state index in [4.69, 9.17) is 4.74 Å².